The molecule has 0 amide bonds. The molecule has 1 aromatic heterocycles. The van der Waals surface area contributed by atoms with Crippen molar-refractivity contribution in [2.24, 2.45) is 0 Å². The number of tetrazole rings is 1. The van der Waals surface area contributed by atoms with E-state index in [4.69, 9.17) is 11.6 Å². The molecule has 0 radical (unpaired) electrons. The first-order valence-electron chi connectivity index (χ1n) is 7.46. The van der Waals surface area contributed by atoms with Crippen LogP contribution in [0.1, 0.15) is 27.7 Å². The number of nitriles is 1. The topological polar surface area (TPSA) is 84.5 Å². The molecule has 0 aliphatic rings. The third-order valence-corrected chi connectivity index (χ3v) is 3.96. The van der Waals surface area contributed by atoms with Crippen LogP contribution < -0.4 is 0 Å². The van der Waals surface area contributed by atoms with E-state index < -0.39 is 23.4 Å². The fourth-order valence-corrected chi connectivity index (χ4v) is 2.49. The monoisotopic (exact) mass is 391 g/mol. The van der Waals surface area contributed by atoms with Crippen molar-refractivity contribution in [3.63, 3.8) is 0 Å². The summed E-state index contributed by atoms with van der Waals surface area (Å²) < 4.78 is 39.2. The highest BCUT2D eigenvalue weighted by atomic mass is 35.5. The number of carbonyl (C=O) groups excluding carboxylic acids is 1. The molecule has 0 aliphatic heterocycles. The zero-order valence-electron chi connectivity index (χ0n) is 13.4. The lowest BCUT2D eigenvalue weighted by atomic mass is 9.97. The number of hydrogen-bond donors (Lipinski definition) is 0. The minimum absolute atomic E-state index is 0.0512. The summed E-state index contributed by atoms with van der Waals surface area (Å²) in [5.74, 6) is -2.16. The molecule has 1 heterocycles. The molecular formula is C17H9ClF3N5O. The Kier molecular flexibility index (Phi) is 4.92. The third kappa shape index (κ3) is 3.80. The highest BCUT2D eigenvalue weighted by molar-refractivity contribution is 6.30. The zero-order chi connectivity index (χ0) is 19.6. The van der Waals surface area contributed by atoms with Crippen molar-refractivity contribution in [3.8, 4) is 11.8 Å². The van der Waals surface area contributed by atoms with Gasteiger partial charge in [0.25, 0.3) is 0 Å². The van der Waals surface area contributed by atoms with E-state index in [0.717, 1.165) is 24.3 Å². The lowest BCUT2D eigenvalue weighted by molar-refractivity contribution is -0.137. The van der Waals surface area contributed by atoms with Crippen molar-refractivity contribution in [1.82, 2.24) is 20.2 Å². The van der Waals surface area contributed by atoms with Gasteiger partial charge in [-0.2, -0.15) is 23.1 Å². The summed E-state index contributed by atoms with van der Waals surface area (Å²) in [6.45, 7) is 0. The Morgan fingerprint density at radius 2 is 1.74 bits per heavy atom. The summed E-state index contributed by atoms with van der Waals surface area (Å²) in [6.07, 6.45) is -4.52. The third-order valence-electron chi connectivity index (χ3n) is 3.71. The van der Waals surface area contributed by atoms with Gasteiger partial charge in [-0.1, -0.05) is 23.7 Å². The van der Waals surface area contributed by atoms with E-state index in [-0.39, 0.29) is 11.4 Å². The van der Waals surface area contributed by atoms with E-state index >= 15 is 0 Å². The average Bonchev–Trinajstić information content (AvgIpc) is 3.11. The molecule has 0 fully saturated rings. The van der Waals surface area contributed by atoms with Crippen LogP contribution in [-0.2, 0) is 6.18 Å². The normalized spacial score (nSPS) is 12.4. The molecule has 0 N–H and O–H groups in total. The number of carbonyl (C=O) groups is 1. The number of hydrogen-bond acceptors (Lipinski definition) is 5. The van der Waals surface area contributed by atoms with E-state index in [9.17, 15) is 23.2 Å². The van der Waals surface area contributed by atoms with E-state index in [0.29, 0.717) is 10.7 Å². The SMILES string of the molecule is N#CC(C(=O)c1ccc(C(F)(F)F)cc1)c1nnnn1-c1ccc(Cl)cc1. The number of rotatable bonds is 4. The maximum Gasteiger partial charge on any atom is 0.416 e. The van der Waals surface area contributed by atoms with Gasteiger partial charge in [0.2, 0.25) is 0 Å². The van der Waals surface area contributed by atoms with Gasteiger partial charge < -0.3 is 0 Å². The standard InChI is InChI=1S/C17H9ClF3N5O/c18-12-5-7-13(8-6-12)26-16(23-24-25-26)14(9-22)15(27)10-1-3-11(4-2-10)17(19,20)21/h1-8,14H. The predicted octanol–water partition coefficient (Wildman–Crippen LogP) is 3.82. The van der Waals surface area contributed by atoms with E-state index in [1.165, 1.54) is 4.68 Å². The fraction of sp³-hybridized carbons (Fsp3) is 0.118. The van der Waals surface area contributed by atoms with Gasteiger partial charge in [0.05, 0.1) is 17.3 Å². The van der Waals surface area contributed by atoms with E-state index in [1.54, 1.807) is 24.3 Å². The molecule has 27 heavy (non-hydrogen) atoms. The highest BCUT2D eigenvalue weighted by Crippen LogP contribution is 2.30. The first kappa shape index (κ1) is 18.5. The Balaban J connectivity index is 1.94. The number of nitrogens with zero attached hydrogens (tertiary/aromatic N) is 5. The number of aromatic nitrogens is 4. The summed E-state index contributed by atoms with van der Waals surface area (Å²) in [5, 5.41) is 20.9. The van der Waals surface area contributed by atoms with Crippen molar-refractivity contribution in [2.75, 3.05) is 0 Å². The second-order valence-corrected chi connectivity index (χ2v) is 5.86. The summed E-state index contributed by atoms with van der Waals surface area (Å²) >= 11 is 5.83. The van der Waals surface area contributed by atoms with Gasteiger partial charge in [-0.3, -0.25) is 4.79 Å². The number of halogens is 4. The van der Waals surface area contributed by atoms with Crippen molar-refractivity contribution in [3.05, 3.63) is 70.5 Å². The average molecular weight is 392 g/mol. The molecular weight excluding hydrogens is 383 g/mol. The maximum atomic E-state index is 12.7. The van der Waals surface area contributed by atoms with Gasteiger partial charge in [0, 0.05) is 10.6 Å². The van der Waals surface area contributed by atoms with Gasteiger partial charge >= 0.3 is 6.18 Å². The number of Topliss-reactive ketones (excluding diaryl/α,β-unsaturated/α-hetero) is 1. The Morgan fingerprint density at radius 1 is 1.11 bits per heavy atom. The molecule has 0 aliphatic carbocycles. The van der Waals surface area contributed by atoms with Gasteiger partial charge in [-0.05, 0) is 46.8 Å². The molecule has 6 nitrogen and oxygen atoms in total. The number of benzene rings is 2. The van der Waals surface area contributed by atoms with Gasteiger partial charge in [0.1, 0.15) is 0 Å². The fourth-order valence-electron chi connectivity index (χ4n) is 2.36. The first-order chi connectivity index (χ1) is 12.8. The van der Waals surface area contributed by atoms with Crippen molar-refractivity contribution >= 4 is 17.4 Å². The summed E-state index contributed by atoms with van der Waals surface area (Å²) in [7, 11) is 0. The molecule has 136 valence electrons. The molecule has 0 spiro atoms. The Morgan fingerprint density at radius 3 is 2.30 bits per heavy atom. The van der Waals surface area contributed by atoms with Crippen LogP contribution in [0.4, 0.5) is 13.2 Å². The summed E-state index contributed by atoms with van der Waals surface area (Å²) in [6, 6.07) is 11.8. The van der Waals surface area contributed by atoms with Crippen LogP contribution in [0.3, 0.4) is 0 Å². The van der Waals surface area contributed by atoms with E-state index in [2.05, 4.69) is 15.5 Å². The van der Waals surface area contributed by atoms with Crippen molar-refractivity contribution in [1.29, 1.82) is 5.26 Å². The van der Waals surface area contributed by atoms with E-state index in [1.807, 2.05) is 6.07 Å². The molecule has 10 heteroatoms. The van der Waals surface area contributed by atoms with Crippen LogP contribution in [0.5, 0.6) is 0 Å². The first-order valence-corrected chi connectivity index (χ1v) is 7.84. The molecule has 0 bridgehead atoms. The Labute approximate surface area is 155 Å². The predicted molar refractivity (Wildman–Crippen MR) is 88.3 cm³/mol. The van der Waals surface area contributed by atoms with Crippen molar-refractivity contribution in [2.45, 2.75) is 12.1 Å². The molecule has 2 aromatic carbocycles. The van der Waals surface area contributed by atoms with Crippen LogP contribution >= 0.6 is 11.6 Å². The second kappa shape index (κ2) is 7.17. The number of ketones is 1. The van der Waals surface area contributed by atoms with Gasteiger partial charge in [0.15, 0.2) is 17.5 Å². The largest absolute Gasteiger partial charge is 0.416 e. The summed E-state index contributed by atoms with van der Waals surface area (Å²) in [5.41, 5.74) is -0.473. The molecule has 0 saturated heterocycles. The lowest BCUT2D eigenvalue weighted by Crippen LogP contribution is -2.17. The maximum absolute atomic E-state index is 12.7. The molecule has 1 unspecified atom stereocenters. The van der Waals surface area contributed by atoms with Gasteiger partial charge in [-0.25, -0.2) is 0 Å². The molecule has 3 rings (SSSR count). The Bertz CT molecular complexity index is 1010. The van der Waals surface area contributed by atoms with Gasteiger partial charge in [-0.15, -0.1) is 5.10 Å². The molecule has 1 atom stereocenters. The Hall–Kier alpha value is -3.25. The quantitative estimate of drug-likeness (QED) is 0.631. The van der Waals surface area contributed by atoms with Crippen LogP contribution in [0.25, 0.3) is 5.69 Å². The minimum Gasteiger partial charge on any atom is -0.292 e. The van der Waals surface area contributed by atoms with Crippen LogP contribution in [0, 0.1) is 11.3 Å². The molecule has 0 saturated carbocycles. The molecule has 3 aromatic rings. The summed E-state index contributed by atoms with van der Waals surface area (Å²) in [4.78, 5) is 12.6. The van der Waals surface area contributed by atoms with Crippen molar-refractivity contribution < 1.29 is 18.0 Å². The highest BCUT2D eigenvalue weighted by Gasteiger charge is 2.32. The zero-order valence-corrected chi connectivity index (χ0v) is 14.1. The van der Waals surface area contributed by atoms with Crippen LogP contribution in [0.2, 0.25) is 5.02 Å². The smallest absolute Gasteiger partial charge is 0.292 e. The minimum atomic E-state index is -4.52. The number of alkyl halides is 3. The van der Waals surface area contributed by atoms with Crippen LogP contribution in [-0.4, -0.2) is 26.0 Å². The second-order valence-electron chi connectivity index (χ2n) is 5.43. The lowest BCUT2D eigenvalue weighted by Gasteiger charge is -2.10. The van der Waals surface area contributed by atoms with Crippen LogP contribution in [0.15, 0.2) is 48.5 Å².